The molecule has 0 unspecified atom stereocenters. The third-order valence-corrected chi connectivity index (χ3v) is 4.23. The van der Waals surface area contributed by atoms with Gasteiger partial charge in [-0.25, -0.2) is 0 Å². The number of nitrogens with zero attached hydrogens (tertiary/aromatic N) is 2. The molecule has 2 amide bonds. The number of aromatic nitrogens is 2. The van der Waals surface area contributed by atoms with Gasteiger partial charge in [-0.3, -0.25) is 19.6 Å². The number of nitrogens with one attached hydrogen (secondary N) is 2. The molecule has 0 fully saturated rings. The van der Waals surface area contributed by atoms with Crippen LogP contribution in [0, 0.1) is 0 Å². The van der Waals surface area contributed by atoms with Gasteiger partial charge in [-0.05, 0) is 48.2 Å². The number of carbonyl (C=O) groups is 2. The lowest BCUT2D eigenvalue weighted by molar-refractivity contribution is 0.0946. The molecule has 2 N–H and O–H groups in total. The summed E-state index contributed by atoms with van der Waals surface area (Å²) in [5.74, 6) is -0.533. The van der Waals surface area contributed by atoms with E-state index in [-0.39, 0.29) is 17.5 Å². The number of amides is 2. The minimum absolute atomic E-state index is 0.210. The number of carbonyl (C=O) groups excluding carboxylic acids is 2. The van der Waals surface area contributed by atoms with Crippen LogP contribution in [0.2, 0.25) is 0 Å². The number of hydrogen-bond donors (Lipinski definition) is 2. The lowest BCUT2D eigenvalue weighted by Gasteiger charge is -2.08. The van der Waals surface area contributed by atoms with Gasteiger partial charge >= 0.3 is 0 Å². The Kier molecular flexibility index (Phi) is 6.84. The summed E-state index contributed by atoms with van der Waals surface area (Å²) in [7, 11) is 0. The molecule has 0 bridgehead atoms. The van der Waals surface area contributed by atoms with Gasteiger partial charge in [-0.15, -0.1) is 0 Å². The molecule has 0 aliphatic heterocycles. The molecule has 3 aromatic rings. The van der Waals surface area contributed by atoms with Crippen molar-refractivity contribution in [2.24, 2.45) is 0 Å². The van der Waals surface area contributed by atoms with Gasteiger partial charge in [-0.1, -0.05) is 30.3 Å². The van der Waals surface area contributed by atoms with E-state index in [1.165, 1.54) is 17.8 Å². The maximum Gasteiger partial charge on any atom is 0.270 e. The Labute approximate surface area is 164 Å². The largest absolute Gasteiger partial charge is 0.352 e. The molecule has 0 saturated carbocycles. The molecule has 0 saturated heterocycles. The zero-order valence-electron chi connectivity index (χ0n) is 15.5. The summed E-state index contributed by atoms with van der Waals surface area (Å²) < 4.78 is 0. The van der Waals surface area contributed by atoms with Crippen LogP contribution in [0.25, 0.3) is 0 Å². The molecule has 0 spiro atoms. The first kappa shape index (κ1) is 19.2. The number of pyridine rings is 2. The van der Waals surface area contributed by atoms with Crippen LogP contribution in [0.15, 0.2) is 73.2 Å². The highest BCUT2D eigenvalue weighted by Crippen LogP contribution is 2.05. The highest BCUT2D eigenvalue weighted by atomic mass is 16.2. The molecule has 3 rings (SSSR count). The molecule has 142 valence electrons. The van der Waals surface area contributed by atoms with Crippen molar-refractivity contribution in [3.63, 3.8) is 0 Å². The number of hydrogen-bond acceptors (Lipinski definition) is 4. The van der Waals surface area contributed by atoms with Crippen molar-refractivity contribution in [2.45, 2.75) is 19.4 Å². The van der Waals surface area contributed by atoms with E-state index in [1.807, 2.05) is 30.3 Å². The van der Waals surface area contributed by atoms with Gasteiger partial charge in [0, 0.05) is 37.2 Å². The molecule has 1 aromatic carbocycles. The van der Waals surface area contributed by atoms with Crippen molar-refractivity contribution >= 4 is 11.8 Å². The first-order chi connectivity index (χ1) is 13.7. The average molecular weight is 374 g/mol. The molecule has 6 heteroatoms. The lowest BCUT2D eigenvalue weighted by Crippen LogP contribution is -2.27. The summed E-state index contributed by atoms with van der Waals surface area (Å²) >= 11 is 0. The van der Waals surface area contributed by atoms with E-state index in [4.69, 9.17) is 0 Å². The van der Waals surface area contributed by atoms with Crippen molar-refractivity contribution in [1.82, 2.24) is 20.6 Å². The van der Waals surface area contributed by atoms with Crippen molar-refractivity contribution in [3.05, 3.63) is 95.6 Å². The van der Waals surface area contributed by atoms with Crippen molar-refractivity contribution < 1.29 is 9.59 Å². The van der Waals surface area contributed by atoms with E-state index in [9.17, 15) is 9.59 Å². The fraction of sp³-hybridized carbons (Fsp3) is 0.182. The van der Waals surface area contributed by atoms with E-state index >= 15 is 0 Å². The van der Waals surface area contributed by atoms with Crippen LogP contribution in [0.1, 0.15) is 38.4 Å². The smallest absolute Gasteiger partial charge is 0.270 e. The van der Waals surface area contributed by atoms with Gasteiger partial charge in [0.15, 0.2) is 0 Å². The number of aryl methyl sites for hydroxylation is 1. The Morgan fingerprint density at radius 2 is 1.61 bits per heavy atom. The molecular weight excluding hydrogens is 352 g/mol. The summed E-state index contributed by atoms with van der Waals surface area (Å²) in [4.78, 5) is 32.6. The van der Waals surface area contributed by atoms with E-state index in [0.29, 0.717) is 18.7 Å². The van der Waals surface area contributed by atoms with Crippen molar-refractivity contribution in [1.29, 1.82) is 0 Å². The van der Waals surface area contributed by atoms with Crippen LogP contribution in [0.4, 0.5) is 0 Å². The summed E-state index contributed by atoms with van der Waals surface area (Å²) in [6.07, 6.45) is 6.56. The fourth-order valence-electron chi connectivity index (χ4n) is 2.71. The fourth-order valence-corrected chi connectivity index (χ4v) is 2.71. The van der Waals surface area contributed by atoms with Gasteiger partial charge in [0.2, 0.25) is 0 Å². The van der Waals surface area contributed by atoms with Crippen molar-refractivity contribution in [2.75, 3.05) is 6.54 Å². The van der Waals surface area contributed by atoms with Crippen LogP contribution >= 0.6 is 0 Å². The average Bonchev–Trinajstić information content (AvgIpc) is 2.76. The topological polar surface area (TPSA) is 84.0 Å². The van der Waals surface area contributed by atoms with Gasteiger partial charge in [0.1, 0.15) is 5.69 Å². The predicted octanol–water partition coefficient (Wildman–Crippen LogP) is 2.77. The normalized spacial score (nSPS) is 10.3. The second kappa shape index (κ2) is 9.97. The van der Waals surface area contributed by atoms with E-state index in [2.05, 4.69) is 32.7 Å². The molecular formula is C22H22N4O2. The highest BCUT2D eigenvalue weighted by molar-refractivity contribution is 5.98. The van der Waals surface area contributed by atoms with Crippen LogP contribution in [-0.2, 0) is 13.0 Å². The Hall–Kier alpha value is -3.54. The first-order valence-electron chi connectivity index (χ1n) is 9.17. The summed E-state index contributed by atoms with van der Waals surface area (Å²) in [5, 5.41) is 5.68. The molecule has 2 aromatic heterocycles. The summed E-state index contributed by atoms with van der Waals surface area (Å²) in [6, 6.07) is 16.9. The Bertz CT molecular complexity index is 914. The molecule has 0 radical (unpaired) electrons. The molecule has 6 nitrogen and oxygen atoms in total. The van der Waals surface area contributed by atoms with Crippen LogP contribution in [0.5, 0.6) is 0 Å². The zero-order valence-corrected chi connectivity index (χ0v) is 15.5. The van der Waals surface area contributed by atoms with E-state index in [1.54, 1.807) is 18.5 Å². The quantitative estimate of drug-likeness (QED) is 0.594. The maximum atomic E-state index is 12.3. The van der Waals surface area contributed by atoms with Gasteiger partial charge in [-0.2, -0.15) is 0 Å². The standard InChI is InChI=1S/C22H22N4O2/c27-21(25-11-4-7-17-5-2-1-3-6-17)19-10-14-24-20(15-19)22(28)26-16-18-8-12-23-13-9-18/h1-3,5-6,8-10,12-15H,4,7,11,16H2,(H,25,27)(H,26,28). The molecule has 0 aliphatic rings. The van der Waals surface area contributed by atoms with E-state index < -0.39 is 0 Å². The van der Waals surface area contributed by atoms with Crippen LogP contribution in [-0.4, -0.2) is 28.3 Å². The summed E-state index contributed by atoms with van der Waals surface area (Å²) in [5.41, 5.74) is 2.82. The minimum atomic E-state index is -0.324. The number of rotatable bonds is 8. The van der Waals surface area contributed by atoms with Gasteiger partial charge in [0.25, 0.3) is 11.8 Å². The summed E-state index contributed by atoms with van der Waals surface area (Å²) in [6.45, 7) is 0.943. The van der Waals surface area contributed by atoms with Gasteiger partial charge in [0.05, 0.1) is 0 Å². The molecule has 2 heterocycles. The third kappa shape index (κ3) is 5.74. The Morgan fingerprint density at radius 3 is 2.39 bits per heavy atom. The van der Waals surface area contributed by atoms with E-state index in [0.717, 1.165) is 18.4 Å². The third-order valence-electron chi connectivity index (χ3n) is 4.23. The Balaban J connectivity index is 1.49. The minimum Gasteiger partial charge on any atom is -0.352 e. The SMILES string of the molecule is O=C(NCCCc1ccccc1)c1ccnc(C(=O)NCc2ccncc2)c1. The number of benzene rings is 1. The predicted molar refractivity (Wildman–Crippen MR) is 107 cm³/mol. The molecule has 0 atom stereocenters. The second-order valence-corrected chi connectivity index (χ2v) is 6.31. The zero-order chi connectivity index (χ0) is 19.6. The highest BCUT2D eigenvalue weighted by Gasteiger charge is 2.11. The maximum absolute atomic E-state index is 12.3. The Morgan fingerprint density at radius 1 is 0.821 bits per heavy atom. The van der Waals surface area contributed by atoms with Crippen LogP contribution < -0.4 is 10.6 Å². The van der Waals surface area contributed by atoms with Crippen molar-refractivity contribution in [3.8, 4) is 0 Å². The van der Waals surface area contributed by atoms with Gasteiger partial charge < -0.3 is 10.6 Å². The first-order valence-corrected chi connectivity index (χ1v) is 9.17. The molecule has 0 aliphatic carbocycles. The van der Waals surface area contributed by atoms with Crippen LogP contribution in [0.3, 0.4) is 0 Å². The second-order valence-electron chi connectivity index (χ2n) is 6.31. The molecule has 28 heavy (non-hydrogen) atoms. The lowest BCUT2D eigenvalue weighted by atomic mass is 10.1. The monoisotopic (exact) mass is 374 g/mol.